The van der Waals surface area contributed by atoms with Gasteiger partial charge in [-0.2, -0.15) is 0 Å². The summed E-state index contributed by atoms with van der Waals surface area (Å²) in [5.74, 6) is 1.44. The first-order valence-electron chi connectivity index (χ1n) is 25.5. The Morgan fingerprint density at radius 2 is 0.810 bits per heavy atom. The van der Waals surface area contributed by atoms with Gasteiger partial charge in [-0.3, -0.25) is 9.59 Å². The number of nitrogens with one attached hydrogen (secondary N) is 2. The minimum atomic E-state index is -0.224. The molecule has 0 fully saturated rings. The lowest BCUT2D eigenvalue weighted by molar-refractivity contribution is -0.116. The van der Waals surface area contributed by atoms with Crippen LogP contribution in [0.5, 0.6) is 17.2 Å². The summed E-state index contributed by atoms with van der Waals surface area (Å²) in [6.45, 7) is 9.17. The third-order valence-corrected chi connectivity index (χ3v) is 16.5. The molecule has 0 saturated carbocycles. The Morgan fingerprint density at radius 3 is 1.22 bits per heavy atom. The Morgan fingerprint density at radius 1 is 0.444 bits per heavy atom. The summed E-state index contributed by atoms with van der Waals surface area (Å²) in [4.78, 5) is 27.3. The SMILES string of the molecule is CCCCCCCCCCCCOc1cc(C(=O)NCCNC(=O)C2=CSC(=C3SC=CS3)S2)cc(OCCCCCCCCCCCC)c1OCCCCCCCCCCCC. The third-order valence-electron chi connectivity index (χ3n) is 11.5. The summed E-state index contributed by atoms with van der Waals surface area (Å²) in [6.07, 6.45) is 37.8. The highest BCUT2D eigenvalue weighted by molar-refractivity contribution is 8.33. The minimum absolute atomic E-state index is 0.118. The number of carbonyl (C=O) groups is 2. The number of thioether (sulfide) groups is 4. The molecule has 11 heteroatoms. The summed E-state index contributed by atoms with van der Waals surface area (Å²) in [5.41, 5.74) is 0.477. The number of hydrogen-bond donors (Lipinski definition) is 2. The van der Waals surface area contributed by atoms with Crippen molar-refractivity contribution in [3.63, 3.8) is 0 Å². The number of rotatable bonds is 41. The molecule has 63 heavy (non-hydrogen) atoms. The molecular weight excluding hydrogens is 861 g/mol. The third kappa shape index (κ3) is 26.2. The second-order valence-electron chi connectivity index (χ2n) is 17.2. The van der Waals surface area contributed by atoms with Gasteiger partial charge >= 0.3 is 0 Å². The van der Waals surface area contributed by atoms with Crippen molar-refractivity contribution in [2.45, 2.75) is 213 Å². The minimum Gasteiger partial charge on any atom is -0.490 e. The van der Waals surface area contributed by atoms with Crippen LogP contribution in [0.2, 0.25) is 0 Å². The first-order valence-corrected chi connectivity index (χ1v) is 28.9. The fourth-order valence-electron chi connectivity index (χ4n) is 7.66. The molecule has 0 atom stereocenters. The molecule has 2 N–H and O–H groups in total. The van der Waals surface area contributed by atoms with E-state index in [2.05, 4.69) is 42.2 Å². The van der Waals surface area contributed by atoms with Crippen LogP contribution in [0.3, 0.4) is 0 Å². The van der Waals surface area contributed by atoms with Crippen molar-refractivity contribution in [3.05, 3.63) is 47.3 Å². The molecule has 2 amide bonds. The molecule has 0 saturated heterocycles. The fraction of sp³-hybridized carbons (Fsp3) is 0.731. The van der Waals surface area contributed by atoms with E-state index in [1.807, 2.05) is 17.5 Å². The van der Waals surface area contributed by atoms with E-state index in [0.717, 1.165) is 42.8 Å². The molecule has 0 aromatic heterocycles. The van der Waals surface area contributed by atoms with Crippen LogP contribution in [0.15, 0.2) is 41.7 Å². The second kappa shape index (κ2) is 38.3. The zero-order chi connectivity index (χ0) is 44.8. The molecule has 7 nitrogen and oxygen atoms in total. The van der Waals surface area contributed by atoms with E-state index < -0.39 is 0 Å². The number of benzene rings is 1. The number of hydrogen-bond acceptors (Lipinski definition) is 9. The molecule has 2 aliphatic rings. The molecule has 0 radical (unpaired) electrons. The summed E-state index contributed by atoms with van der Waals surface area (Å²) < 4.78 is 21.9. The average molecular weight is 948 g/mol. The molecule has 3 rings (SSSR count). The quantitative estimate of drug-likeness (QED) is 0.0623. The Bertz CT molecular complexity index is 1410. The molecule has 358 valence electrons. The molecule has 1 aromatic rings. The van der Waals surface area contributed by atoms with Gasteiger partial charge in [0, 0.05) is 18.7 Å². The van der Waals surface area contributed by atoms with Crippen molar-refractivity contribution in [1.82, 2.24) is 10.6 Å². The fourth-order valence-corrected chi connectivity index (χ4v) is 12.0. The highest BCUT2D eigenvalue weighted by atomic mass is 32.2. The van der Waals surface area contributed by atoms with Gasteiger partial charge < -0.3 is 24.8 Å². The molecule has 0 unspecified atom stereocenters. The lowest BCUT2D eigenvalue weighted by Gasteiger charge is -2.19. The van der Waals surface area contributed by atoms with Crippen molar-refractivity contribution >= 4 is 58.9 Å². The molecular formula is C52H86N2O5S4. The van der Waals surface area contributed by atoms with Crippen LogP contribution >= 0.6 is 47.0 Å². The molecule has 0 aliphatic carbocycles. The van der Waals surface area contributed by atoms with E-state index in [1.165, 1.54) is 170 Å². The van der Waals surface area contributed by atoms with Crippen LogP contribution in [-0.4, -0.2) is 44.7 Å². The predicted octanol–water partition coefficient (Wildman–Crippen LogP) is 16.8. The smallest absolute Gasteiger partial charge is 0.258 e. The summed E-state index contributed by atoms with van der Waals surface area (Å²) >= 11 is 6.49. The Hall–Kier alpha value is -1.82. The lowest BCUT2D eigenvalue weighted by atomic mass is 10.1. The maximum Gasteiger partial charge on any atom is 0.258 e. The van der Waals surface area contributed by atoms with Gasteiger partial charge in [0.25, 0.3) is 11.8 Å². The van der Waals surface area contributed by atoms with Crippen LogP contribution in [0, 0.1) is 0 Å². The van der Waals surface area contributed by atoms with E-state index >= 15 is 0 Å². The van der Waals surface area contributed by atoms with Crippen LogP contribution < -0.4 is 24.8 Å². The van der Waals surface area contributed by atoms with Gasteiger partial charge in [0.1, 0.15) is 0 Å². The zero-order valence-electron chi connectivity index (χ0n) is 39.8. The maximum absolute atomic E-state index is 13.7. The van der Waals surface area contributed by atoms with Gasteiger partial charge in [0.15, 0.2) is 11.5 Å². The van der Waals surface area contributed by atoms with Gasteiger partial charge in [0.05, 0.1) is 33.2 Å². The van der Waals surface area contributed by atoms with E-state index in [9.17, 15) is 9.59 Å². The number of ether oxygens (including phenoxy) is 3. The lowest BCUT2D eigenvalue weighted by Crippen LogP contribution is -2.34. The maximum atomic E-state index is 13.7. The number of unbranched alkanes of at least 4 members (excludes halogenated alkanes) is 27. The molecule has 0 bridgehead atoms. The van der Waals surface area contributed by atoms with Gasteiger partial charge in [-0.15, -0.1) is 0 Å². The van der Waals surface area contributed by atoms with Crippen LogP contribution in [0.4, 0.5) is 0 Å². The first kappa shape index (κ1) is 55.5. The standard InChI is InChI=1S/C52H86N2O5S4/c1-4-7-10-13-16-19-22-25-28-31-36-57-45-41-44(49(55)53-34-35-54-50(56)47-43-62-52(63-47)51-60-39-40-61-51)42-46(58-37-32-29-26-23-20-17-14-11-8-5-2)48(45)59-38-33-30-27-24-21-18-15-12-9-6-3/h39-43H,4-38H2,1-3H3,(H,53,55)(H,54,56). The monoisotopic (exact) mass is 947 g/mol. The molecule has 0 spiro atoms. The average Bonchev–Trinajstić information content (AvgIpc) is 4.02. The van der Waals surface area contributed by atoms with Crippen molar-refractivity contribution in [1.29, 1.82) is 0 Å². The Labute approximate surface area is 401 Å². The van der Waals surface area contributed by atoms with Crippen molar-refractivity contribution in [3.8, 4) is 17.2 Å². The molecule has 2 aliphatic heterocycles. The van der Waals surface area contributed by atoms with Crippen molar-refractivity contribution in [2.75, 3.05) is 32.9 Å². The topological polar surface area (TPSA) is 85.9 Å². The Balaban J connectivity index is 1.60. The first-order chi connectivity index (χ1) is 31.1. The van der Waals surface area contributed by atoms with Gasteiger partial charge in [-0.05, 0) is 47.6 Å². The zero-order valence-corrected chi connectivity index (χ0v) is 43.1. The summed E-state index contributed by atoms with van der Waals surface area (Å²) in [7, 11) is 0. The summed E-state index contributed by atoms with van der Waals surface area (Å²) in [6, 6.07) is 3.65. The van der Waals surface area contributed by atoms with E-state index in [-0.39, 0.29) is 11.8 Å². The predicted molar refractivity (Wildman–Crippen MR) is 278 cm³/mol. The van der Waals surface area contributed by atoms with Crippen LogP contribution in [0.1, 0.15) is 224 Å². The van der Waals surface area contributed by atoms with E-state index in [1.54, 1.807) is 35.3 Å². The molecule has 1 aromatic carbocycles. The highest BCUT2D eigenvalue weighted by Gasteiger charge is 2.23. The van der Waals surface area contributed by atoms with E-state index in [0.29, 0.717) is 60.6 Å². The normalized spacial score (nSPS) is 13.5. The van der Waals surface area contributed by atoms with Crippen LogP contribution in [-0.2, 0) is 4.79 Å². The van der Waals surface area contributed by atoms with Crippen LogP contribution in [0.25, 0.3) is 0 Å². The Kier molecular flexibility index (Phi) is 33.7. The second-order valence-corrected chi connectivity index (χ2v) is 21.5. The van der Waals surface area contributed by atoms with Crippen molar-refractivity contribution < 1.29 is 23.8 Å². The van der Waals surface area contributed by atoms with Crippen molar-refractivity contribution in [2.24, 2.45) is 0 Å². The van der Waals surface area contributed by atoms with Gasteiger partial charge in [0.2, 0.25) is 5.75 Å². The van der Waals surface area contributed by atoms with Gasteiger partial charge in [-0.1, -0.05) is 241 Å². The number of amides is 2. The summed E-state index contributed by atoms with van der Waals surface area (Å²) in [5, 5.41) is 12.0. The molecule has 2 heterocycles. The largest absolute Gasteiger partial charge is 0.490 e. The van der Waals surface area contributed by atoms with E-state index in [4.69, 9.17) is 14.2 Å². The van der Waals surface area contributed by atoms with Gasteiger partial charge in [-0.25, -0.2) is 0 Å². The number of carbonyl (C=O) groups excluding carboxylic acids is 2. The highest BCUT2D eigenvalue weighted by Crippen LogP contribution is 2.53.